The van der Waals surface area contributed by atoms with Gasteiger partial charge in [0.25, 0.3) is 0 Å². The smallest absolute Gasteiger partial charge is 0.154 e. The molecule has 5 heterocycles. The third kappa shape index (κ3) is 5.41. The van der Waals surface area contributed by atoms with Crippen LogP contribution in [0.1, 0.15) is 45.1 Å². The Morgan fingerprint density at radius 1 is 1.06 bits per heavy atom. The molecule has 0 bridgehead atoms. The molecule has 0 aliphatic carbocycles. The number of carbonyl (C=O) groups is 1. The molecule has 0 spiro atoms. The summed E-state index contributed by atoms with van der Waals surface area (Å²) >= 11 is 0. The van der Waals surface area contributed by atoms with Gasteiger partial charge >= 0.3 is 0 Å². The van der Waals surface area contributed by atoms with Crippen LogP contribution in [0.25, 0.3) is 22.2 Å². The van der Waals surface area contributed by atoms with E-state index in [-0.39, 0.29) is 5.92 Å². The number of likely N-dealkylation sites (tertiary alicyclic amines) is 1. The molecular weight excluding hydrogens is 452 g/mol. The standard InChI is InChI=1S/C27H32N8O/c1-4-25(36)22-15-34(16-22)8-5-9-35-17-21(14-30-35)20-10-24-23(28-12-20)6-7-26(31-24)32-27-11-19(18(2)3)13-29-33-27/h6-7,10-14,17-18,22H,4-5,8-9,15-16H2,1-3H3,(H,31,32,33). The predicted octanol–water partition coefficient (Wildman–Crippen LogP) is 4.45. The van der Waals surface area contributed by atoms with Crippen LogP contribution in [-0.2, 0) is 11.3 Å². The van der Waals surface area contributed by atoms with E-state index in [1.54, 1.807) is 6.20 Å². The average molecular weight is 485 g/mol. The summed E-state index contributed by atoms with van der Waals surface area (Å²) in [5.74, 6) is 2.37. The highest BCUT2D eigenvalue weighted by atomic mass is 16.1. The fraction of sp³-hybridized carbons (Fsp3) is 0.407. The Morgan fingerprint density at radius 3 is 2.72 bits per heavy atom. The van der Waals surface area contributed by atoms with Crippen molar-refractivity contribution >= 4 is 28.5 Å². The SMILES string of the molecule is CCC(=O)C1CN(CCCn2cc(-c3cnc4ccc(Nc5cc(C(C)C)cnn5)nc4c3)cn2)C1. The molecule has 1 saturated heterocycles. The minimum absolute atomic E-state index is 0.245. The van der Waals surface area contributed by atoms with Gasteiger partial charge in [-0.3, -0.25) is 14.5 Å². The zero-order chi connectivity index (χ0) is 25.1. The van der Waals surface area contributed by atoms with Crippen LogP contribution in [0.15, 0.2) is 49.1 Å². The first-order chi connectivity index (χ1) is 17.5. The number of Topliss-reactive ketones (excluding diaryl/α,β-unsaturated/α-hetero) is 1. The maximum absolute atomic E-state index is 11.7. The van der Waals surface area contributed by atoms with Crippen molar-refractivity contribution in [1.82, 2.24) is 34.8 Å². The third-order valence-electron chi connectivity index (χ3n) is 6.72. The summed E-state index contributed by atoms with van der Waals surface area (Å²) in [5.41, 5.74) is 4.73. The number of nitrogens with zero attached hydrogens (tertiary/aromatic N) is 7. The van der Waals surface area contributed by atoms with E-state index < -0.39 is 0 Å². The Labute approximate surface area is 211 Å². The van der Waals surface area contributed by atoms with Gasteiger partial charge in [0.2, 0.25) is 0 Å². The molecule has 5 rings (SSSR count). The van der Waals surface area contributed by atoms with Gasteiger partial charge < -0.3 is 10.2 Å². The van der Waals surface area contributed by atoms with Crippen LogP contribution in [0, 0.1) is 5.92 Å². The predicted molar refractivity (Wildman–Crippen MR) is 140 cm³/mol. The summed E-state index contributed by atoms with van der Waals surface area (Å²) in [4.78, 5) is 23.4. The maximum atomic E-state index is 11.7. The van der Waals surface area contributed by atoms with Gasteiger partial charge in [0.1, 0.15) is 11.6 Å². The lowest BCUT2D eigenvalue weighted by Crippen LogP contribution is -2.50. The van der Waals surface area contributed by atoms with Gasteiger partial charge in [0, 0.05) is 55.5 Å². The maximum Gasteiger partial charge on any atom is 0.154 e. The van der Waals surface area contributed by atoms with Crippen LogP contribution in [0.5, 0.6) is 0 Å². The van der Waals surface area contributed by atoms with Gasteiger partial charge in [-0.2, -0.15) is 10.2 Å². The highest BCUT2D eigenvalue weighted by Crippen LogP contribution is 2.24. The number of hydrogen-bond acceptors (Lipinski definition) is 8. The second-order valence-electron chi connectivity index (χ2n) is 9.73. The molecule has 1 N–H and O–H groups in total. The van der Waals surface area contributed by atoms with E-state index in [9.17, 15) is 4.79 Å². The van der Waals surface area contributed by atoms with E-state index in [4.69, 9.17) is 4.98 Å². The van der Waals surface area contributed by atoms with Gasteiger partial charge in [-0.15, -0.1) is 5.10 Å². The van der Waals surface area contributed by atoms with Crippen LogP contribution < -0.4 is 5.32 Å². The van der Waals surface area contributed by atoms with Crippen molar-refractivity contribution in [2.24, 2.45) is 5.92 Å². The summed E-state index contributed by atoms with van der Waals surface area (Å²) in [7, 11) is 0. The van der Waals surface area contributed by atoms with E-state index in [1.807, 2.05) is 48.3 Å². The van der Waals surface area contributed by atoms with Crippen molar-refractivity contribution < 1.29 is 4.79 Å². The van der Waals surface area contributed by atoms with Crippen LogP contribution in [0.4, 0.5) is 11.6 Å². The summed E-state index contributed by atoms with van der Waals surface area (Å²) in [6.07, 6.45) is 9.22. The quantitative estimate of drug-likeness (QED) is 0.352. The molecule has 36 heavy (non-hydrogen) atoms. The summed E-state index contributed by atoms with van der Waals surface area (Å²) < 4.78 is 1.97. The first-order valence-corrected chi connectivity index (χ1v) is 12.6. The highest BCUT2D eigenvalue weighted by molar-refractivity contribution is 5.82. The van der Waals surface area contributed by atoms with E-state index in [0.29, 0.717) is 29.8 Å². The van der Waals surface area contributed by atoms with Crippen LogP contribution in [-0.4, -0.2) is 60.3 Å². The normalized spacial score (nSPS) is 14.3. The molecule has 1 fully saturated rings. The lowest BCUT2D eigenvalue weighted by Gasteiger charge is -2.38. The number of fused-ring (bicyclic) bond motifs is 1. The van der Waals surface area contributed by atoms with Crippen molar-refractivity contribution in [3.05, 3.63) is 54.6 Å². The lowest BCUT2D eigenvalue weighted by atomic mass is 9.93. The van der Waals surface area contributed by atoms with Gasteiger partial charge in [-0.25, -0.2) is 4.98 Å². The molecule has 0 unspecified atom stereocenters. The number of pyridine rings is 2. The summed E-state index contributed by atoms with van der Waals surface area (Å²) in [5, 5.41) is 16.1. The number of ketones is 1. The first kappa shape index (κ1) is 24.0. The van der Waals surface area contributed by atoms with Crippen molar-refractivity contribution in [3.8, 4) is 11.1 Å². The van der Waals surface area contributed by atoms with Crippen molar-refractivity contribution in [3.63, 3.8) is 0 Å². The molecule has 0 saturated carbocycles. The molecule has 0 amide bonds. The number of nitrogens with one attached hydrogen (secondary N) is 1. The molecule has 9 nitrogen and oxygen atoms in total. The molecule has 1 aliphatic heterocycles. The summed E-state index contributed by atoms with van der Waals surface area (Å²) in [6.45, 7) is 9.83. The number of hydrogen-bond donors (Lipinski definition) is 1. The number of aromatic nitrogens is 6. The van der Waals surface area contributed by atoms with Gasteiger partial charge in [0.15, 0.2) is 5.82 Å². The molecule has 0 radical (unpaired) electrons. The zero-order valence-corrected chi connectivity index (χ0v) is 21.1. The second kappa shape index (κ2) is 10.5. The monoisotopic (exact) mass is 484 g/mol. The first-order valence-electron chi connectivity index (χ1n) is 12.6. The van der Waals surface area contributed by atoms with Crippen molar-refractivity contribution in [1.29, 1.82) is 0 Å². The molecule has 9 heteroatoms. The number of rotatable bonds is 10. The number of anilines is 2. The van der Waals surface area contributed by atoms with E-state index in [0.717, 1.165) is 60.3 Å². The number of carbonyl (C=O) groups excluding carboxylic acids is 1. The lowest BCUT2D eigenvalue weighted by molar-refractivity contribution is -0.127. The molecular formula is C27H32N8O. The Balaban J connectivity index is 1.22. The van der Waals surface area contributed by atoms with Crippen LogP contribution in [0.2, 0.25) is 0 Å². The fourth-order valence-electron chi connectivity index (χ4n) is 4.46. The van der Waals surface area contributed by atoms with Gasteiger partial charge in [0.05, 0.1) is 23.4 Å². The van der Waals surface area contributed by atoms with Gasteiger partial charge in [-0.1, -0.05) is 20.8 Å². The van der Waals surface area contributed by atoms with Gasteiger partial charge in [-0.05, 0) is 48.7 Å². The molecule has 4 aromatic rings. The summed E-state index contributed by atoms with van der Waals surface area (Å²) in [6, 6.07) is 7.88. The van der Waals surface area contributed by atoms with Crippen molar-refractivity contribution in [2.75, 3.05) is 25.0 Å². The topological polar surface area (TPSA) is 102 Å². The van der Waals surface area contributed by atoms with Crippen molar-refractivity contribution in [2.45, 2.75) is 46.1 Å². The average Bonchev–Trinajstić information content (AvgIpc) is 3.33. The Bertz CT molecular complexity index is 1360. The van der Waals surface area contributed by atoms with Crippen LogP contribution in [0.3, 0.4) is 0 Å². The fourth-order valence-corrected chi connectivity index (χ4v) is 4.46. The highest BCUT2D eigenvalue weighted by Gasteiger charge is 2.30. The molecule has 0 aromatic carbocycles. The molecule has 1 aliphatic rings. The third-order valence-corrected chi connectivity index (χ3v) is 6.72. The number of aryl methyl sites for hydroxylation is 1. The van der Waals surface area contributed by atoms with E-state index in [1.165, 1.54) is 0 Å². The minimum Gasteiger partial charge on any atom is -0.323 e. The largest absolute Gasteiger partial charge is 0.323 e. The molecule has 4 aromatic heterocycles. The van der Waals surface area contributed by atoms with Crippen LogP contribution >= 0.6 is 0 Å². The van der Waals surface area contributed by atoms with E-state index in [2.05, 4.69) is 50.5 Å². The molecule has 0 atom stereocenters. The minimum atomic E-state index is 0.245. The second-order valence-corrected chi connectivity index (χ2v) is 9.73. The Kier molecular flexibility index (Phi) is 6.99. The Hall–Kier alpha value is -3.72. The Morgan fingerprint density at radius 2 is 1.92 bits per heavy atom. The molecule has 186 valence electrons. The van der Waals surface area contributed by atoms with E-state index >= 15 is 0 Å². The zero-order valence-electron chi connectivity index (χ0n) is 21.1.